The normalized spacial score (nSPS) is 15.4. The average Bonchev–Trinajstić information content (AvgIpc) is 1.85. The summed E-state index contributed by atoms with van der Waals surface area (Å²) >= 11 is 0. The fourth-order valence-electron chi connectivity index (χ4n) is 0.617. The molecule has 1 nitrogen and oxygen atoms in total. The Morgan fingerprint density at radius 1 is 1.36 bits per heavy atom. The van der Waals surface area contributed by atoms with E-state index in [1.54, 1.807) is 0 Å². The van der Waals surface area contributed by atoms with Crippen molar-refractivity contribution in [1.82, 2.24) is 0 Å². The summed E-state index contributed by atoms with van der Waals surface area (Å²) < 4.78 is 35.0. The van der Waals surface area contributed by atoms with Crippen molar-refractivity contribution in [2.45, 2.75) is 12.6 Å². The average molecular weight is 159 g/mol. The molecular weight excluding hydrogens is 155 g/mol. The quantitative estimate of drug-likeness (QED) is 0.520. The number of hydrogen-bond acceptors (Lipinski definition) is 1. The molecule has 0 aromatic carbocycles. The van der Waals surface area contributed by atoms with E-state index in [1.165, 1.54) is 12.3 Å². The summed E-state index contributed by atoms with van der Waals surface area (Å²) in [5, 5.41) is 0. The van der Waals surface area contributed by atoms with Crippen LogP contribution >= 0.6 is 0 Å². The highest BCUT2D eigenvalue weighted by Gasteiger charge is 2.28. The Hall–Kier alpha value is -1.24. The van der Waals surface area contributed by atoms with Crippen molar-refractivity contribution in [3.8, 4) is 0 Å². The maximum atomic E-state index is 11.7. The predicted molar refractivity (Wildman–Crippen MR) is 34.3 cm³/mol. The van der Waals surface area contributed by atoms with Gasteiger partial charge >= 0.3 is 6.18 Å². The third-order valence-electron chi connectivity index (χ3n) is 0.999. The first kappa shape index (κ1) is 7.86. The van der Waals surface area contributed by atoms with Crippen LogP contribution in [-0.2, 0) is 0 Å². The van der Waals surface area contributed by atoms with Gasteiger partial charge in [-0.3, -0.25) is 4.99 Å². The van der Waals surface area contributed by atoms with Gasteiger partial charge in [-0.05, 0) is 0 Å². The van der Waals surface area contributed by atoms with Crippen molar-refractivity contribution in [2.75, 3.05) is 0 Å². The van der Waals surface area contributed by atoms with Gasteiger partial charge in [0.25, 0.3) is 0 Å². The zero-order valence-corrected chi connectivity index (χ0v) is 5.44. The SMILES string of the molecule is FC(F)(F)CC1=NC=C=C=C1. The molecule has 0 unspecified atom stereocenters. The van der Waals surface area contributed by atoms with Crippen molar-refractivity contribution in [2.24, 2.45) is 4.99 Å². The molecule has 0 atom stereocenters. The van der Waals surface area contributed by atoms with Gasteiger partial charge in [0.2, 0.25) is 0 Å². The van der Waals surface area contributed by atoms with Gasteiger partial charge in [0, 0.05) is 6.08 Å². The molecule has 4 heteroatoms. The van der Waals surface area contributed by atoms with Crippen LogP contribution in [0.2, 0.25) is 0 Å². The van der Waals surface area contributed by atoms with E-state index in [0.717, 1.165) is 0 Å². The molecule has 0 fully saturated rings. The van der Waals surface area contributed by atoms with Crippen LogP contribution in [0.25, 0.3) is 0 Å². The molecule has 1 aliphatic rings. The van der Waals surface area contributed by atoms with E-state index in [0.29, 0.717) is 0 Å². The molecule has 0 N–H and O–H groups in total. The summed E-state index contributed by atoms with van der Waals surface area (Å²) in [7, 11) is 0. The summed E-state index contributed by atoms with van der Waals surface area (Å²) in [6, 6.07) is 0. The molecule has 1 rings (SSSR count). The van der Waals surface area contributed by atoms with Gasteiger partial charge in [-0.25, -0.2) is 0 Å². The van der Waals surface area contributed by atoms with Gasteiger partial charge < -0.3 is 0 Å². The van der Waals surface area contributed by atoms with Crippen LogP contribution in [0.5, 0.6) is 0 Å². The number of nitrogens with zero attached hydrogens (tertiary/aromatic N) is 1. The van der Waals surface area contributed by atoms with Gasteiger partial charge in [0.05, 0.1) is 18.3 Å². The Morgan fingerprint density at radius 3 is 2.55 bits per heavy atom. The van der Waals surface area contributed by atoms with Crippen LogP contribution in [-0.4, -0.2) is 11.9 Å². The van der Waals surface area contributed by atoms with Crippen LogP contribution < -0.4 is 0 Å². The zero-order chi connectivity index (χ0) is 8.32. The Bertz CT molecular complexity index is 273. The standard InChI is InChI=1S/C7H4F3N/c8-7(9,10)5-6-3-1-2-4-11-6/h3-4H,5H2. The van der Waals surface area contributed by atoms with Crippen molar-refractivity contribution >= 4 is 5.71 Å². The van der Waals surface area contributed by atoms with Gasteiger partial charge in [-0.2, -0.15) is 13.2 Å². The molecule has 0 aliphatic carbocycles. The molecule has 0 amide bonds. The van der Waals surface area contributed by atoms with Crippen LogP contribution in [0.4, 0.5) is 13.2 Å². The summed E-state index contributed by atoms with van der Waals surface area (Å²) in [6.45, 7) is 0. The highest BCUT2D eigenvalue weighted by molar-refractivity contribution is 5.96. The topological polar surface area (TPSA) is 12.4 Å². The van der Waals surface area contributed by atoms with E-state index in [9.17, 15) is 13.2 Å². The first-order chi connectivity index (χ1) is 5.08. The highest BCUT2D eigenvalue weighted by Crippen LogP contribution is 2.20. The number of rotatable bonds is 1. The van der Waals surface area contributed by atoms with E-state index < -0.39 is 12.6 Å². The smallest absolute Gasteiger partial charge is 0.251 e. The number of halogens is 3. The summed E-state index contributed by atoms with van der Waals surface area (Å²) in [4.78, 5) is 3.46. The molecule has 0 aromatic rings. The fraction of sp³-hybridized carbons (Fsp3) is 0.286. The molecule has 1 aliphatic heterocycles. The van der Waals surface area contributed by atoms with E-state index >= 15 is 0 Å². The number of hydrogen-bond donors (Lipinski definition) is 0. The van der Waals surface area contributed by atoms with Crippen LogP contribution in [0, 0.1) is 0 Å². The van der Waals surface area contributed by atoms with E-state index in [-0.39, 0.29) is 5.71 Å². The maximum Gasteiger partial charge on any atom is 0.394 e. The molecule has 58 valence electrons. The zero-order valence-electron chi connectivity index (χ0n) is 5.44. The predicted octanol–water partition coefficient (Wildman–Crippen LogP) is 2.22. The van der Waals surface area contributed by atoms with E-state index in [2.05, 4.69) is 16.5 Å². The Balaban J connectivity index is 2.61. The molecule has 0 bridgehead atoms. The minimum atomic E-state index is -4.19. The van der Waals surface area contributed by atoms with Crippen molar-refractivity contribution < 1.29 is 13.2 Å². The molecule has 0 saturated carbocycles. The second-order valence-corrected chi connectivity index (χ2v) is 1.97. The highest BCUT2D eigenvalue weighted by atomic mass is 19.4. The number of aliphatic imine (C=N–C) groups is 1. The second-order valence-electron chi connectivity index (χ2n) is 1.97. The monoisotopic (exact) mass is 159 g/mol. The van der Waals surface area contributed by atoms with Gasteiger partial charge in [0.1, 0.15) is 0 Å². The Morgan fingerprint density at radius 2 is 2.09 bits per heavy atom. The first-order valence-corrected chi connectivity index (χ1v) is 2.87. The van der Waals surface area contributed by atoms with Crippen LogP contribution in [0.3, 0.4) is 0 Å². The molecule has 0 radical (unpaired) electrons. The Kier molecular flexibility index (Phi) is 1.99. The lowest BCUT2D eigenvalue weighted by Crippen LogP contribution is -2.13. The number of allylic oxidation sites excluding steroid dienone is 1. The lowest BCUT2D eigenvalue weighted by atomic mass is 10.2. The van der Waals surface area contributed by atoms with E-state index in [1.807, 2.05) is 0 Å². The Labute approximate surface area is 61.2 Å². The summed E-state index contributed by atoms with van der Waals surface area (Å²) in [5.41, 5.74) is 4.78. The molecule has 1 heterocycles. The third kappa shape index (κ3) is 2.89. The molecule has 0 saturated heterocycles. The second kappa shape index (κ2) is 2.79. The number of alkyl halides is 3. The molecule has 0 spiro atoms. The lowest BCUT2D eigenvalue weighted by Gasteiger charge is -2.04. The molecule has 0 aromatic heterocycles. The fourth-order valence-corrected chi connectivity index (χ4v) is 0.617. The largest absolute Gasteiger partial charge is 0.394 e. The van der Waals surface area contributed by atoms with Crippen molar-refractivity contribution in [3.63, 3.8) is 0 Å². The minimum Gasteiger partial charge on any atom is -0.251 e. The van der Waals surface area contributed by atoms with Crippen molar-refractivity contribution in [1.29, 1.82) is 0 Å². The minimum absolute atomic E-state index is 0.0312. The van der Waals surface area contributed by atoms with E-state index in [4.69, 9.17) is 0 Å². The summed E-state index contributed by atoms with van der Waals surface area (Å²) in [5.74, 6) is 0. The first-order valence-electron chi connectivity index (χ1n) is 2.87. The maximum absolute atomic E-state index is 11.7. The van der Waals surface area contributed by atoms with Crippen molar-refractivity contribution in [3.05, 3.63) is 23.7 Å². The molecule has 11 heavy (non-hydrogen) atoms. The third-order valence-corrected chi connectivity index (χ3v) is 0.999. The van der Waals surface area contributed by atoms with Crippen LogP contribution in [0.1, 0.15) is 6.42 Å². The van der Waals surface area contributed by atoms with Gasteiger partial charge in [-0.15, -0.1) is 0 Å². The summed E-state index contributed by atoms with van der Waals surface area (Å²) in [6.07, 6.45) is -2.85. The van der Waals surface area contributed by atoms with Gasteiger partial charge in [0.15, 0.2) is 0 Å². The molecular formula is C7H4F3N. The van der Waals surface area contributed by atoms with Gasteiger partial charge in [-0.1, -0.05) is 11.5 Å². The van der Waals surface area contributed by atoms with Crippen LogP contribution in [0.15, 0.2) is 28.7 Å². The lowest BCUT2D eigenvalue weighted by molar-refractivity contribution is -0.121.